The lowest BCUT2D eigenvalue weighted by Gasteiger charge is -2.26. The van der Waals surface area contributed by atoms with E-state index in [0.29, 0.717) is 6.04 Å². The first-order valence-corrected chi connectivity index (χ1v) is 11.7. The first-order chi connectivity index (χ1) is 15.1. The molecule has 1 unspecified atom stereocenters. The van der Waals surface area contributed by atoms with Gasteiger partial charge in [0, 0.05) is 19.1 Å². The second-order valence-corrected chi connectivity index (χ2v) is 8.76. The molecule has 2 aromatic carbocycles. The minimum absolute atomic E-state index is 0.0948. The van der Waals surface area contributed by atoms with E-state index in [1.807, 2.05) is 66.4 Å². The maximum Gasteiger partial charge on any atom is 0.265 e. The molecule has 0 bridgehead atoms. The van der Waals surface area contributed by atoms with Crippen LogP contribution in [0, 0.1) is 6.92 Å². The number of carbonyl (C=O) groups excluding carboxylic acids is 1. The van der Waals surface area contributed by atoms with Crippen molar-refractivity contribution in [3.63, 3.8) is 0 Å². The predicted octanol–water partition coefficient (Wildman–Crippen LogP) is 5.47. The maximum atomic E-state index is 13.3. The Bertz CT molecular complexity index is 1030. The minimum Gasteiger partial charge on any atom is -0.457 e. The maximum absolute atomic E-state index is 13.3. The van der Waals surface area contributed by atoms with Gasteiger partial charge in [0.2, 0.25) is 0 Å². The van der Waals surface area contributed by atoms with Gasteiger partial charge in [0.1, 0.15) is 21.4 Å². The van der Waals surface area contributed by atoms with Crippen molar-refractivity contribution in [1.82, 2.24) is 14.8 Å². The summed E-state index contributed by atoms with van der Waals surface area (Å²) >= 11 is 1.46. The van der Waals surface area contributed by atoms with Crippen LogP contribution < -0.4 is 4.74 Å². The lowest BCUT2D eigenvalue weighted by Crippen LogP contribution is -2.38. The number of para-hydroxylation sites is 2. The van der Waals surface area contributed by atoms with Crippen molar-refractivity contribution in [3.8, 4) is 22.1 Å². The normalized spacial score (nSPS) is 16.1. The third kappa shape index (κ3) is 4.65. The van der Waals surface area contributed by atoms with Gasteiger partial charge in [0.25, 0.3) is 5.91 Å². The quantitative estimate of drug-likeness (QED) is 0.494. The molecular formula is C25H29N3O2S. The molecule has 1 aromatic heterocycles. The number of ether oxygens (including phenoxy) is 1. The molecule has 0 N–H and O–H groups in total. The van der Waals surface area contributed by atoms with Crippen LogP contribution in [-0.4, -0.2) is 52.9 Å². The van der Waals surface area contributed by atoms with E-state index in [0.717, 1.165) is 65.2 Å². The molecule has 2 heterocycles. The van der Waals surface area contributed by atoms with Gasteiger partial charge in [-0.25, -0.2) is 4.98 Å². The summed E-state index contributed by atoms with van der Waals surface area (Å²) in [6, 6.07) is 18.0. The third-order valence-corrected chi connectivity index (χ3v) is 7.04. The van der Waals surface area contributed by atoms with Gasteiger partial charge >= 0.3 is 0 Å². The van der Waals surface area contributed by atoms with E-state index < -0.39 is 0 Å². The molecule has 0 radical (unpaired) electrons. The number of rotatable bonds is 7. The van der Waals surface area contributed by atoms with Gasteiger partial charge in [-0.3, -0.25) is 9.69 Å². The SMILES string of the molecule is CCN(CC)C1CCN(C(=O)c2sc(-c3ccccc3Oc3ccccc3)nc2C)C1. The summed E-state index contributed by atoms with van der Waals surface area (Å²) in [4.78, 5) is 23.2. The molecule has 1 atom stereocenters. The van der Waals surface area contributed by atoms with Crippen LogP contribution in [0.3, 0.4) is 0 Å². The zero-order valence-electron chi connectivity index (χ0n) is 18.4. The minimum atomic E-state index is 0.0948. The average Bonchev–Trinajstić information content (AvgIpc) is 3.43. The highest BCUT2D eigenvalue weighted by molar-refractivity contribution is 7.17. The van der Waals surface area contributed by atoms with Crippen LogP contribution in [0.5, 0.6) is 11.5 Å². The lowest BCUT2D eigenvalue weighted by molar-refractivity contribution is 0.0782. The number of benzene rings is 2. The Morgan fingerprint density at radius 2 is 1.84 bits per heavy atom. The molecular weight excluding hydrogens is 406 g/mol. The van der Waals surface area contributed by atoms with E-state index in [2.05, 4.69) is 18.7 Å². The van der Waals surface area contributed by atoms with E-state index in [-0.39, 0.29) is 5.91 Å². The second kappa shape index (κ2) is 9.62. The number of thiazole rings is 1. The van der Waals surface area contributed by atoms with Crippen molar-refractivity contribution in [1.29, 1.82) is 0 Å². The molecule has 0 aliphatic carbocycles. The monoisotopic (exact) mass is 435 g/mol. The molecule has 1 aliphatic rings. The molecule has 1 amide bonds. The molecule has 162 valence electrons. The Morgan fingerprint density at radius 1 is 1.13 bits per heavy atom. The fourth-order valence-corrected chi connectivity index (χ4v) is 5.23. The Balaban J connectivity index is 1.56. The summed E-state index contributed by atoms with van der Waals surface area (Å²) in [5.41, 5.74) is 1.69. The Labute approximate surface area is 188 Å². The highest BCUT2D eigenvalue weighted by atomic mass is 32.1. The van der Waals surface area contributed by atoms with Crippen LogP contribution in [0.15, 0.2) is 54.6 Å². The molecule has 31 heavy (non-hydrogen) atoms. The number of aromatic nitrogens is 1. The van der Waals surface area contributed by atoms with Gasteiger partial charge in [-0.05, 0) is 50.7 Å². The number of aryl methyl sites for hydroxylation is 1. The summed E-state index contributed by atoms with van der Waals surface area (Å²) in [5.74, 6) is 1.61. The molecule has 1 aliphatic heterocycles. The number of likely N-dealkylation sites (tertiary alicyclic amines) is 1. The van der Waals surface area contributed by atoms with Gasteiger partial charge in [-0.15, -0.1) is 11.3 Å². The number of likely N-dealkylation sites (N-methyl/N-ethyl adjacent to an activating group) is 1. The van der Waals surface area contributed by atoms with Crippen LogP contribution >= 0.6 is 11.3 Å². The molecule has 1 saturated heterocycles. The number of hydrogen-bond acceptors (Lipinski definition) is 5. The summed E-state index contributed by atoms with van der Waals surface area (Å²) < 4.78 is 6.10. The zero-order chi connectivity index (χ0) is 21.8. The Kier molecular flexibility index (Phi) is 6.68. The number of carbonyl (C=O) groups is 1. The summed E-state index contributed by atoms with van der Waals surface area (Å²) in [7, 11) is 0. The smallest absolute Gasteiger partial charge is 0.265 e. The topological polar surface area (TPSA) is 45.7 Å². The average molecular weight is 436 g/mol. The molecule has 4 rings (SSSR count). The fourth-order valence-electron chi connectivity index (χ4n) is 4.17. The van der Waals surface area contributed by atoms with Crippen LogP contribution in [0.4, 0.5) is 0 Å². The lowest BCUT2D eigenvalue weighted by atomic mass is 10.2. The van der Waals surface area contributed by atoms with E-state index >= 15 is 0 Å². The van der Waals surface area contributed by atoms with Gasteiger partial charge in [-0.1, -0.05) is 44.2 Å². The summed E-state index contributed by atoms with van der Waals surface area (Å²) in [5, 5.41) is 0.812. The molecule has 6 heteroatoms. The molecule has 5 nitrogen and oxygen atoms in total. The number of hydrogen-bond donors (Lipinski definition) is 0. The predicted molar refractivity (Wildman–Crippen MR) is 126 cm³/mol. The van der Waals surface area contributed by atoms with E-state index in [1.54, 1.807) is 0 Å². The molecule has 0 saturated carbocycles. The van der Waals surface area contributed by atoms with Crippen molar-refractivity contribution in [3.05, 3.63) is 65.2 Å². The van der Waals surface area contributed by atoms with Gasteiger partial charge in [0.15, 0.2) is 0 Å². The van der Waals surface area contributed by atoms with Crippen molar-refractivity contribution in [2.24, 2.45) is 0 Å². The summed E-state index contributed by atoms with van der Waals surface area (Å²) in [6.45, 7) is 9.93. The standard InChI is InChI=1S/C25H29N3O2S/c1-4-27(5-2)19-15-16-28(17-19)25(29)23-18(3)26-24(31-23)21-13-9-10-14-22(21)30-20-11-7-6-8-12-20/h6-14,19H,4-5,15-17H2,1-3H3. The van der Waals surface area contributed by atoms with Crippen LogP contribution in [0.2, 0.25) is 0 Å². The van der Waals surface area contributed by atoms with Gasteiger partial charge in [0.05, 0.1) is 11.3 Å². The first kappa shape index (κ1) is 21.5. The highest BCUT2D eigenvalue weighted by Gasteiger charge is 2.31. The fraction of sp³-hybridized carbons (Fsp3) is 0.360. The zero-order valence-corrected chi connectivity index (χ0v) is 19.2. The Morgan fingerprint density at radius 3 is 2.58 bits per heavy atom. The van der Waals surface area contributed by atoms with Gasteiger partial charge in [-0.2, -0.15) is 0 Å². The van der Waals surface area contributed by atoms with E-state index in [1.165, 1.54) is 11.3 Å². The van der Waals surface area contributed by atoms with Crippen LogP contribution in [0.1, 0.15) is 35.6 Å². The van der Waals surface area contributed by atoms with Crippen molar-refractivity contribution >= 4 is 17.2 Å². The van der Waals surface area contributed by atoms with Crippen LogP contribution in [0.25, 0.3) is 10.6 Å². The van der Waals surface area contributed by atoms with E-state index in [4.69, 9.17) is 9.72 Å². The largest absolute Gasteiger partial charge is 0.457 e. The van der Waals surface area contributed by atoms with Crippen molar-refractivity contribution in [2.45, 2.75) is 33.2 Å². The number of amides is 1. The first-order valence-electron chi connectivity index (χ1n) is 10.9. The second-order valence-electron chi connectivity index (χ2n) is 7.76. The molecule has 1 fully saturated rings. The van der Waals surface area contributed by atoms with Crippen molar-refractivity contribution in [2.75, 3.05) is 26.2 Å². The Hall–Kier alpha value is -2.70. The molecule has 3 aromatic rings. The summed E-state index contributed by atoms with van der Waals surface area (Å²) in [6.07, 6.45) is 1.03. The van der Waals surface area contributed by atoms with Gasteiger partial charge < -0.3 is 9.64 Å². The third-order valence-electron chi connectivity index (χ3n) is 5.86. The molecule has 0 spiro atoms. The van der Waals surface area contributed by atoms with E-state index in [9.17, 15) is 4.79 Å². The number of nitrogens with zero attached hydrogens (tertiary/aromatic N) is 3. The van der Waals surface area contributed by atoms with Crippen molar-refractivity contribution < 1.29 is 9.53 Å². The van der Waals surface area contributed by atoms with Crippen LogP contribution in [-0.2, 0) is 0 Å². The highest BCUT2D eigenvalue weighted by Crippen LogP contribution is 2.37.